The number of fused-ring (bicyclic) bond motifs is 1. The van der Waals surface area contributed by atoms with Crippen LogP contribution in [-0.2, 0) is 12.7 Å². The summed E-state index contributed by atoms with van der Waals surface area (Å²) in [6.07, 6.45) is 4.21. The van der Waals surface area contributed by atoms with E-state index in [1.165, 1.54) is 6.07 Å². The monoisotopic (exact) mass is 479 g/mol. The van der Waals surface area contributed by atoms with Gasteiger partial charge in [0, 0.05) is 18.7 Å². The van der Waals surface area contributed by atoms with Crippen LogP contribution in [0.1, 0.15) is 52.8 Å². The van der Waals surface area contributed by atoms with Crippen molar-refractivity contribution in [2.75, 3.05) is 7.11 Å². The molecule has 0 radical (unpaired) electrons. The molecular weight excluding hydrogens is 455 g/mol. The van der Waals surface area contributed by atoms with Gasteiger partial charge in [-0.1, -0.05) is 30.3 Å². The highest BCUT2D eigenvalue weighted by Gasteiger charge is 2.37. The van der Waals surface area contributed by atoms with Crippen LogP contribution in [0.3, 0.4) is 0 Å². The summed E-state index contributed by atoms with van der Waals surface area (Å²) in [6, 6.07) is 11.5. The molecule has 3 heterocycles. The van der Waals surface area contributed by atoms with Gasteiger partial charge in [0.05, 0.1) is 30.4 Å². The summed E-state index contributed by atoms with van der Waals surface area (Å²) in [5.74, 6) is 1.26. The lowest BCUT2D eigenvalue weighted by Crippen LogP contribution is -2.21. The molecule has 180 valence electrons. The Morgan fingerprint density at radius 3 is 2.69 bits per heavy atom. The highest BCUT2D eigenvalue weighted by molar-refractivity contribution is 5.69. The maximum Gasteiger partial charge on any atom is 0.416 e. The Hall–Kier alpha value is -3.88. The third-order valence-corrected chi connectivity index (χ3v) is 6.15. The van der Waals surface area contributed by atoms with Crippen molar-refractivity contribution in [1.82, 2.24) is 24.3 Å². The van der Waals surface area contributed by atoms with Crippen molar-refractivity contribution in [2.24, 2.45) is 0 Å². The number of benzene rings is 2. The first-order valence-corrected chi connectivity index (χ1v) is 11.3. The van der Waals surface area contributed by atoms with E-state index in [9.17, 15) is 13.2 Å². The maximum absolute atomic E-state index is 13.6. The Morgan fingerprint density at radius 1 is 1.11 bits per heavy atom. The van der Waals surface area contributed by atoms with Crippen LogP contribution in [0.2, 0.25) is 0 Å². The van der Waals surface area contributed by atoms with E-state index in [0.29, 0.717) is 30.4 Å². The van der Waals surface area contributed by atoms with Crippen LogP contribution in [0.25, 0.3) is 17.8 Å². The number of alkyl halides is 3. The molecule has 1 aliphatic heterocycles. The fraction of sp³-hybridized carbons (Fsp3) is 0.269. The fourth-order valence-corrected chi connectivity index (χ4v) is 4.53. The zero-order valence-corrected chi connectivity index (χ0v) is 19.3. The molecule has 1 atom stereocenters. The van der Waals surface area contributed by atoms with E-state index in [0.717, 1.165) is 29.4 Å². The highest BCUT2D eigenvalue weighted by atomic mass is 19.4. The van der Waals surface area contributed by atoms with Gasteiger partial charge in [-0.25, -0.2) is 14.6 Å². The topological polar surface area (TPSA) is 57.8 Å². The second-order valence-electron chi connectivity index (χ2n) is 8.52. The van der Waals surface area contributed by atoms with E-state index in [1.54, 1.807) is 36.3 Å². The quantitative estimate of drug-likeness (QED) is 0.358. The summed E-state index contributed by atoms with van der Waals surface area (Å²) in [6.45, 7) is 2.55. The first kappa shape index (κ1) is 22.9. The molecule has 5 rings (SSSR count). The van der Waals surface area contributed by atoms with Crippen molar-refractivity contribution in [1.29, 1.82) is 0 Å². The Morgan fingerprint density at radius 2 is 1.94 bits per heavy atom. The predicted molar refractivity (Wildman–Crippen MR) is 126 cm³/mol. The molecule has 0 aliphatic carbocycles. The molecule has 9 heteroatoms. The minimum atomic E-state index is -4.41. The van der Waals surface area contributed by atoms with Crippen LogP contribution in [0.5, 0.6) is 5.75 Å². The minimum Gasteiger partial charge on any atom is -0.495 e. The van der Waals surface area contributed by atoms with Gasteiger partial charge >= 0.3 is 6.18 Å². The third kappa shape index (κ3) is 4.58. The number of hydrogen-bond donors (Lipinski definition) is 0. The van der Waals surface area contributed by atoms with Gasteiger partial charge in [0.1, 0.15) is 11.6 Å². The number of halogens is 3. The Labute approximate surface area is 200 Å². The standard InChI is InChI=1S/C26H24F3N5O/c1-17-15-33(16-30-17)22-11-9-18(14-23(22)35-2)10-12-24-31-25-20(7-5-13-34(25)32-24)19-6-3-4-8-21(19)26(27,28)29/h3-4,6,8-12,14-16,20H,5,7,13H2,1-2H3/b12-10+/t20-/m1/s1. The number of imidazole rings is 1. The number of aromatic nitrogens is 5. The molecule has 1 aliphatic rings. The van der Waals surface area contributed by atoms with E-state index in [2.05, 4.69) is 15.1 Å². The van der Waals surface area contributed by atoms with E-state index in [1.807, 2.05) is 42.0 Å². The molecule has 0 unspecified atom stereocenters. The van der Waals surface area contributed by atoms with Crippen molar-refractivity contribution in [2.45, 2.75) is 38.4 Å². The largest absolute Gasteiger partial charge is 0.495 e. The summed E-state index contributed by atoms with van der Waals surface area (Å²) >= 11 is 0. The molecule has 0 amide bonds. The number of ether oxygens (including phenoxy) is 1. The summed E-state index contributed by atoms with van der Waals surface area (Å²) in [7, 11) is 1.61. The first-order valence-electron chi connectivity index (χ1n) is 11.3. The minimum absolute atomic E-state index is 0.249. The van der Waals surface area contributed by atoms with Crippen LogP contribution < -0.4 is 4.74 Å². The van der Waals surface area contributed by atoms with Crippen LogP contribution in [-0.4, -0.2) is 31.4 Å². The molecular formula is C26H24F3N5O. The third-order valence-electron chi connectivity index (χ3n) is 6.15. The average molecular weight is 480 g/mol. The molecule has 0 spiro atoms. The van der Waals surface area contributed by atoms with Crippen LogP contribution in [0, 0.1) is 6.92 Å². The van der Waals surface area contributed by atoms with E-state index in [4.69, 9.17) is 4.74 Å². The lowest BCUT2D eigenvalue weighted by molar-refractivity contribution is -0.138. The first-order chi connectivity index (χ1) is 16.8. The fourth-order valence-electron chi connectivity index (χ4n) is 4.53. The summed E-state index contributed by atoms with van der Waals surface area (Å²) < 4.78 is 50.1. The molecule has 0 saturated heterocycles. The van der Waals surface area contributed by atoms with Gasteiger partial charge in [0.2, 0.25) is 0 Å². The Kier molecular flexibility index (Phi) is 5.92. The van der Waals surface area contributed by atoms with E-state index in [-0.39, 0.29) is 5.56 Å². The number of aryl methyl sites for hydroxylation is 2. The van der Waals surface area contributed by atoms with Crippen molar-refractivity contribution < 1.29 is 17.9 Å². The van der Waals surface area contributed by atoms with Crippen molar-refractivity contribution in [3.8, 4) is 11.4 Å². The van der Waals surface area contributed by atoms with Crippen molar-refractivity contribution >= 4 is 12.2 Å². The summed E-state index contributed by atoms with van der Waals surface area (Å²) in [5.41, 5.74) is 2.29. The summed E-state index contributed by atoms with van der Waals surface area (Å²) in [4.78, 5) is 8.87. The van der Waals surface area contributed by atoms with Gasteiger partial charge in [-0.05, 0) is 55.2 Å². The van der Waals surface area contributed by atoms with Crippen molar-refractivity contribution in [3.05, 3.63) is 89.0 Å². The molecule has 2 aromatic heterocycles. The average Bonchev–Trinajstić information content (AvgIpc) is 3.47. The Balaban J connectivity index is 1.43. The number of rotatable bonds is 5. The van der Waals surface area contributed by atoms with Crippen LogP contribution in [0.4, 0.5) is 13.2 Å². The van der Waals surface area contributed by atoms with Crippen molar-refractivity contribution in [3.63, 3.8) is 0 Å². The second kappa shape index (κ2) is 9.05. The predicted octanol–water partition coefficient (Wildman–Crippen LogP) is 5.90. The molecule has 4 aromatic rings. The number of methoxy groups -OCH3 is 1. The van der Waals surface area contributed by atoms with Gasteiger partial charge in [0.25, 0.3) is 0 Å². The lowest BCUT2D eigenvalue weighted by atomic mass is 9.88. The zero-order valence-electron chi connectivity index (χ0n) is 19.3. The van der Waals surface area contributed by atoms with Crippen LogP contribution in [0.15, 0.2) is 55.0 Å². The molecule has 0 N–H and O–H groups in total. The van der Waals surface area contributed by atoms with Gasteiger partial charge in [-0.2, -0.15) is 18.3 Å². The van der Waals surface area contributed by atoms with E-state index >= 15 is 0 Å². The highest BCUT2D eigenvalue weighted by Crippen LogP contribution is 2.40. The van der Waals surface area contributed by atoms with E-state index < -0.39 is 17.7 Å². The Bertz CT molecular complexity index is 1390. The molecule has 0 fully saturated rings. The number of nitrogens with zero attached hydrogens (tertiary/aromatic N) is 5. The zero-order chi connectivity index (χ0) is 24.6. The lowest BCUT2D eigenvalue weighted by Gasteiger charge is -2.25. The molecule has 35 heavy (non-hydrogen) atoms. The maximum atomic E-state index is 13.6. The van der Waals surface area contributed by atoms with Gasteiger partial charge in [0.15, 0.2) is 5.82 Å². The van der Waals surface area contributed by atoms with Gasteiger partial charge in [-0.15, -0.1) is 0 Å². The summed E-state index contributed by atoms with van der Waals surface area (Å²) in [5, 5.41) is 4.54. The molecule has 6 nitrogen and oxygen atoms in total. The van der Waals surface area contributed by atoms with Crippen LogP contribution >= 0.6 is 0 Å². The molecule has 0 bridgehead atoms. The molecule has 2 aromatic carbocycles. The normalized spacial score (nSPS) is 16.0. The molecule has 0 saturated carbocycles. The second-order valence-corrected chi connectivity index (χ2v) is 8.52. The van der Waals surface area contributed by atoms with Gasteiger partial charge in [-0.3, -0.25) is 0 Å². The SMILES string of the molecule is COc1cc(/C=C/c2nc3n(n2)CCC[C@@H]3c2ccccc2C(F)(F)F)ccc1-n1cnc(C)c1. The van der Waals surface area contributed by atoms with Gasteiger partial charge < -0.3 is 9.30 Å². The smallest absolute Gasteiger partial charge is 0.416 e. The number of hydrogen-bond acceptors (Lipinski definition) is 4.